The lowest BCUT2D eigenvalue weighted by atomic mass is 9.99. The molecule has 2 rings (SSSR count). The van der Waals surface area contributed by atoms with Crippen LogP contribution in [-0.4, -0.2) is 29.3 Å². The maximum absolute atomic E-state index is 12.3. The monoisotopic (exact) mass is 292 g/mol. The fourth-order valence-electron chi connectivity index (χ4n) is 2.31. The number of piperazine rings is 1. The number of hydrogen-bond acceptors (Lipinski definition) is 2. The smallest absolute Gasteiger partial charge is 0.248 e. The number of hydrogen-bond donors (Lipinski definition) is 1. The number of rotatable bonds is 3. The summed E-state index contributed by atoms with van der Waals surface area (Å²) >= 11 is 5.68. The van der Waals surface area contributed by atoms with Crippen molar-refractivity contribution in [2.75, 3.05) is 6.54 Å². The van der Waals surface area contributed by atoms with E-state index in [4.69, 9.17) is 11.6 Å². The SMILES string of the molecule is C/C(=C\Cl)CN1C(=O)C(C)NC(=O)C1c1ccccc1. The molecule has 0 bridgehead atoms. The molecular formula is C15H17ClN2O2. The molecule has 1 aromatic rings. The van der Waals surface area contributed by atoms with Crippen molar-refractivity contribution in [1.82, 2.24) is 10.2 Å². The van der Waals surface area contributed by atoms with Crippen molar-refractivity contribution < 1.29 is 9.59 Å². The number of amides is 2. The number of halogens is 1. The highest BCUT2D eigenvalue weighted by atomic mass is 35.5. The summed E-state index contributed by atoms with van der Waals surface area (Å²) in [5.74, 6) is -0.262. The van der Waals surface area contributed by atoms with Crippen LogP contribution in [0, 0.1) is 0 Å². The van der Waals surface area contributed by atoms with Gasteiger partial charge >= 0.3 is 0 Å². The molecule has 5 heteroatoms. The van der Waals surface area contributed by atoms with E-state index in [0.29, 0.717) is 6.54 Å². The molecule has 0 aromatic heterocycles. The minimum absolute atomic E-state index is 0.101. The maximum atomic E-state index is 12.3. The van der Waals surface area contributed by atoms with Gasteiger partial charge in [0.2, 0.25) is 11.8 Å². The first-order valence-corrected chi connectivity index (χ1v) is 6.90. The molecule has 0 radical (unpaired) electrons. The largest absolute Gasteiger partial charge is 0.342 e. The zero-order valence-electron chi connectivity index (χ0n) is 11.5. The molecule has 0 aliphatic carbocycles. The third-order valence-corrected chi connectivity index (χ3v) is 3.67. The van der Waals surface area contributed by atoms with Crippen molar-refractivity contribution in [1.29, 1.82) is 0 Å². The molecule has 1 aliphatic heterocycles. The van der Waals surface area contributed by atoms with Crippen LogP contribution in [0.4, 0.5) is 0 Å². The fraction of sp³-hybridized carbons (Fsp3) is 0.333. The topological polar surface area (TPSA) is 49.4 Å². The highest BCUT2D eigenvalue weighted by molar-refractivity contribution is 6.25. The van der Waals surface area contributed by atoms with E-state index in [2.05, 4.69) is 5.32 Å². The highest BCUT2D eigenvalue weighted by Gasteiger charge is 2.39. The van der Waals surface area contributed by atoms with Crippen molar-refractivity contribution >= 4 is 23.4 Å². The van der Waals surface area contributed by atoms with E-state index >= 15 is 0 Å². The molecule has 1 heterocycles. The van der Waals surface area contributed by atoms with Crippen LogP contribution in [0.2, 0.25) is 0 Å². The van der Waals surface area contributed by atoms with Gasteiger partial charge < -0.3 is 10.2 Å². The fourth-order valence-corrected chi connectivity index (χ4v) is 2.38. The number of carbonyl (C=O) groups is 2. The molecule has 2 unspecified atom stereocenters. The zero-order chi connectivity index (χ0) is 14.7. The Bertz CT molecular complexity index is 542. The summed E-state index contributed by atoms with van der Waals surface area (Å²) in [5.41, 5.74) is 3.07. The molecule has 2 atom stereocenters. The van der Waals surface area contributed by atoms with Gasteiger partial charge in [-0.3, -0.25) is 9.59 Å². The minimum Gasteiger partial charge on any atom is -0.342 e. The van der Waals surface area contributed by atoms with E-state index in [1.54, 1.807) is 11.8 Å². The van der Waals surface area contributed by atoms with E-state index < -0.39 is 12.1 Å². The first kappa shape index (κ1) is 14.6. The molecule has 2 amide bonds. The Labute approximate surface area is 123 Å². The van der Waals surface area contributed by atoms with Gasteiger partial charge in [-0.2, -0.15) is 0 Å². The number of carbonyl (C=O) groups excluding carboxylic acids is 2. The van der Waals surface area contributed by atoms with Gasteiger partial charge in [-0.15, -0.1) is 0 Å². The molecule has 4 nitrogen and oxygen atoms in total. The second-order valence-corrected chi connectivity index (χ2v) is 5.18. The summed E-state index contributed by atoms with van der Waals surface area (Å²) in [7, 11) is 0. The van der Waals surface area contributed by atoms with E-state index in [1.165, 1.54) is 5.54 Å². The van der Waals surface area contributed by atoms with Crippen LogP contribution >= 0.6 is 11.6 Å². The summed E-state index contributed by atoms with van der Waals surface area (Å²) in [6.07, 6.45) is 0. The molecule has 0 saturated carbocycles. The van der Waals surface area contributed by atoms with Crippen LogP contribution in [0.1, 0.15) is 25.5 Å². The van der Waals surface area contributed by atoms with Gasteiger partial charge in [0.15, 0.2) is 0 Å². The second-order valence-electron chi connectivity index (χ2n) is 4.97. The summed E-state index contributed by atoms with van der Waals surface area (Å²) < 4.78 is 0. The van der Waals surface area contributed by atoms with Crippen molar-refractivity contribution in [2.24, 2.45) is 0 Å². The van der Waals surface area contributed by atoms with Crippen LogP contribution in [-0.2, 0) is 9.59 Å². The Kier molecular flexibility index (Phi) is 4.45. The molecular weight excluding hydrogens is 276 g/mol. The average molecular weight is 293 g/mol. The summed E-state index contributed by atoms with van der Waals surface area (Å²) in [6.45, 7) is 3.87. The quantitative estimate of drug-likeness (QED) is 0.929. The first-order chi connectivity index (χ1) is 9.54. The van der Waals surface area contributed by atoms with Crippen LogP contribution in [0.5, 0.6) is 0 Å². The van der Waals surface area contributed by atoms with Gasteiger partial charge in [0.25, 0.3) is 0 Å². The van der Waals surface area contributed by atoms with Gasteiger partial charge in [-0.05, 0) is 25.0 Å². The van der Waals surface area contributed by atoms with Gasteiger partial charge in [0.1, 0.15) is 12.1 Å². The molecule has 106 valence electrons. The average Bonchev–Trinajstić information content (AvgIpc) is 2.45. The molecule has 1 N–H and O–H groups in total. The van der Waals surface area contributed by atoms with Gasteiger partial charge in [0, 0.05) is 12.1 Å². The number of nitrogens with one attached hydrogen (secondary N) is 1. The van der Waals surface area contributed by atoms with Gasteiger partial charge in [-0.25, -0.2) is 0 Å². The van der Waals surface area contributed by atoms with Crippen LogP contribution < -0.4 is 5.32 Å². The lowest BCUT2D eigenvalue weighted by Gasteiger charge is -2.38. The van der Waals surface area contributed by atoms with Gasteiger partial charge in [-0.1, -0.05) is 41.9 Å². The Morgan fingerprint density at radius 3 is 2.60 bits per heavy atom. The highest BCUT2D eigenvalue weighted by Crippen LogP contribution is 2.26. The lowest BCUT2D eigenvalue weighted by Crippen LogP contribution is -2.58. The Balaban J connectivity index is 2.38. The van der Waals surface area contributed by atoms with E-state index in [9.17, 15) is 9.59 Å². The van der Waals surface area contributed by atoms with Gasteiger partial charge in [0.05, 0.1) is 0 Å². The third-order valence-electron chi connectivity index (χ3n) is 3.29. The summed E-state index contributed by atoms with van der Waals surface area (Å²) in [4.78, 5) is 26.2. The second kappa shape index (κ2) is 6.09. The molecule has 20 heavy (non-hydrogen) atoms. The predicted molar refractivity (Wildman–Crippen MR) is 78.1 cm³/mol. The third kappa shape index (κ3) is 2.85. The van der Waals surface area contributed by atoms with E-state index in [-0.39, 0.29) is 11.8 Å². The molecule has 1 aliphatic rings. The summed E-state index contributed by atoms with van der Waals surface area (Å²) in [6, 6.07) is 8.17. The standard InChI is InChI=1S/C15H17ClN2O2/c1-10(8-16)9-18-13(12-6-4-3-5-7-12)14(19)17-11(2)15(18)20/h3-8,11,13H,9H2,1-2H3,(H,17,19)/b10-8+. The number of benzene rings is 1. The molecule has 1 aromatic carbocycles. The van der Waals surface area contributed by atoms with Crippen LogP contribution in [0.3, 0.4) is 0 Å². The number of nitrogens with zero attached hydrogens (tertiary/aromatic N) is 1. The molecule has 1 saturated heterocycles. The van der Waals surface area contributed by atoms with Crippen LogP contribution in [0.25, 0.3) is 0 Å². The van der Waals surface area contributed by atoms with Crippen molar-refractivity contribution in [2.45, 2.75) is 25.9 Å². The zero-order valence-corrected chi connectivity index (χ0v) is 12.2. The normalized spacial score (nSPS) is 23.8. The Hall–Kier alpha value is -1.81. The Morgan fingerprint density at radius 2 is 2.00 bits per heavy atom. The van der Waals surface area contributed by atoms with E-state index in [1.807, 2.05) is 37.3 Å². The molecule has 1 fully saturated rings. The van der Waals surface area contributed by atoms with Crippen molar-refractivity contribution in [3.05, 3.63) is 47.0 Å². The van der Waals surface area contributed by atoms with Crippen LogP contribution in [0.15, 0.2) is 41.4 Å². The minimum atomic E-state index is -0.605. The van der Waals surface area contributed by atoms with E-state index in [0.717, 1.165) is 11.1 Å². The molecule has 0 spiro atoms. The van der Waals surface area contributed by atoms with Crippen molar-refractivity contribution in [3.63, 3.8) is 0 Å². The maximum Gasteiger partial charge on any atom is 0.248 e. The first-order valence-electron chi connectivity index (χ1n) is 6.46. The van der Waals surface area contributed by atoms with Crippen molar-refractivity contribution in [3.8, 4) is 0 Å². The summed E-state index contributed by atoms with van der Waals surface area (Å²) in [5, 5.41) is 2.72. The predicted octanol–water partition coefficient (Wildman–Crippen LogP) is 2.22. The lowest BCUT2D eigenvalue weighted by molar-refractivity contribution is -0.148. The Morgan fingerprint density at radius 1 is 1.35 bits per heavy atom.